The number of oxime groups is 1. The van der Waals surface area contributed by atoms with E-state index in [4.69, 9.17) is 30.6 Å². The molecular weight excluding hydrogens is 626 g/mol. The number of nitrogens with one attached hydrogen (secondary N) is 1. The largest absolute Gasteiger partial charge is 0.497 e. The summed E-state index contributed by atoms with van der Waals surface area (Å²) in [5.41, 5.74) is 12.4. The number of hydrogen-bond acceptors (Lipinski definition) is 14. The molecule has 2 saturated heterocycles. The number of β-lactam (4-membered cyclic amide) rings is 1. The number of ether oxygens (including phenoxy) is 2. The Kier molecular flexibility index (Phi) is 10.0. The van der Waals surface area contributed by atoms with Gasteiger partial charge in [0.15, 0.2) is 10.8 Å². The topological polar surface area (TPSA) is 201 Å². The second-order valence-corrected chi connectivity index (χ2v) is 12.0. The van der Waals surface area contributed by atoms with Crippen molar-refractivity contribution in [2.45, 2.75) is 30.5 Å². The summed E-state index contributed by atoms with van der Waals surface area (Å²) in [6.45, 7) is 0.443. The van der Waals surface area contributed by atoms with E-state index in [1.807, 2.05) is 0 Å². The minimum atomic E-state index is -0.948. The molecule has 1 unspecified atom stereocenters. The average molecular weight is 658 g/mol. The number of carbonyl (C=O) groups is 4. The molecule has 17 heteroatoms. The number of hydrogen-bond donors (Lipinski definition) is 3. The molecule has 238 valence electrons. The normalized spacial score (nSPS) is 21.8. The molecule has 1 aromatic carbocycles. The highest BCUT2D eigenvalue weighted by Gasteiger charge is 2.54. The summed E-state index contributed by atoms with van der Waals surface area (Å²) in [7, 11) is 2.84. The van der Waals surface area contributed by atoms with Gasteiger partial charge in [-0.05, 0) is 29.7 Å². The van der Waals surface area contributed by atoms with Crippen LogP contribution in [0.5, 0.6) is 5.75 Å². The molecule has 5 N–H and O–H groups in total. The van der Waals surface area contributed by atoms with Gasteiger partial charge in [0.05, 0.1) is 13.2 Å². The fraction of sp³-hybridized carbons (Fsp3) is 0.357. The number of benzene rings is 1. The molecule has 0 spiro atoms. The van der Waals surface area contributed by atoms with Crippen molar-refractivity contribution < 1.29 is 38.3 Å². The van der Waals surface area contributed by atoms with Gasteiger partial charge in [-0.2, -0.15) is 5.06 Å². The number of aromatic nitrogens is 1. The monoisotopic (exact) mass is 657 g/mol. The first kappa shape index (κ1) is 32.0. The van der Waals surface area contributed by atoms with E-state index in [2.05, 4.69) is 15.5 Å². The van der Waals surface area contributed by atoms with E-state index in [-0.39, 0.29) is 41.5 Å². The standard InChI is InChI=1S/C28H31N7O8S2/c1-40-17-6-3-15(4-7-17)12-42-27(39)23-16(5-8-18-9-10-34(43-18)11-20(29)36)13-44-26-22(25(38)35(23)26)32-24(37)21(33-41-2)19-14-45-28(30)31-19/h3-8,14,18,22,26H,9-13H2,1-2H3,(H2,29,36)(H2,30,31)(H,32,37)/b8-5+,33-21-/t18?,22-,26-/m1/s1. The molecule has 3 atom stereocenters. The Morgan fingerprint density at radius 1 is 1.24 bits per heavy atom. The fourth-order valence-corrected chi connectivity index (χ4v) is 6.68. The first-order valence-electron chi connectivity index (χ1n) is 13.7. The molecule has 3 amide bonds. The Morgan fingerprint density at radius 3 is 2.69 bits per heavy atom. The first-order chi connectivity index (χ1) is 21.7. The van der Waals surface area contributed by atoms with Crippen LogP contribution in [0, 0.1) is 0 Å². The van der Waals surface area contributed by atoms with Gasteiger partial charge in [0, 0.05) is 17.7 Å². The van der Waals surface area contributed by atoms with Crippen LogP contribution in [-0.4, -0.2) is 94.9 Å². The van der Waals surface area contributed by atoms with Gasteiger partial charge in [-0.25, -0.2) is 9.78 Å². The third-order valence-corrected chi connectivity index (χ3v) is 8.94. The molecule has 0 bridgehead atoms. The lowest BCUT2D eigenvalue weighted by atomic mass is 10.0. The average Bonchev–Trinajstić information content (AvgIpc) is 3.67. The number of rotatable bonds is 12. The summed E-state index contributed by atoms with van der Waals surface area (Å²) in [5, 5.41) is 9.15. The van der Waals surface area contributed by atoms with Gasteiger partial charge in [-0.15, -0.1) is 23.1 Å². The quantitative estimate of drug-likeness (QED) is 0.124. The number of primary amides is 1. The van der Waals surface area contributed by atoms with Crippen LogP contribution in [0.3, 0.4) is 0 Å². The Morgan fingerprint density at radius 2 is 2.02 bits per heavy atom. The number of fused-ring (bicyclic) bond motifs is 1. The van der Waals surface area contributed by atoms with E-state index in [0.29, 0.717) is 30.0 Å². The summed E-state index contributed by atoms with van der Waals surface area (Å²) in [6.07, 6.45) is 3.75. The molecule has 0 saturated carbocycles. The van der Waals surface area contributed by atoms with Crippen molar-refractivity contribution in [2.75, 3.05) is 38.8 Å². The van der Waals surface area contributed by atoms with E-state index in [1.54, 1.807) is 48.9 Å². The molecule has 5 rings (SSSR count). The minimum absolute atomic E-state index is 0.0322. The molecule has 0 radical (unpaired) electrons. The number of allylic oxidation sites excluding steroid dienone is 1. The van der Waals surface area contributed by atoms with Crippen molar-refractivity contribution in [3.05, 3.63) is 64.3 Å². The molecule has 4 heterocycles. The smallest absolute Gasteiger partial charge is 0.355 e. The summed E-state index contributed by atoms with van der Waals surface area (Å²) >= 11 is 2.50. The van der Waals surface area contributed by atoms with Crippen LogP contribution in [0.25, 0.3) is 0 Å². The van der Waals surface area contributed by atoms with Crippen molar-refractivity contribution in [2.24, 2.45) is 10.9 Å². The first-order valence-corrected chi connectivity index (χ1v) is 15.6. The van der Waals surface area contributed by atoms with Crippen molar-refractivity contribution in [3.8, 4) is 5.75 Å². The fourth-order valence-electron chi connectivity index (χ4n) is 4.81. The molecular formula is C28H31N7O8S2. The number of hydroxylamine groups is 2. The maximum Gasteiger partial charge on any atom is 0.355 e. The molecule has 45 heavy (non-hydrogen) atoms. The number of anilines is 1. The lowest BCUT2D eigenvalue weighted by molar-refractivity contribution is -0.153. The number of methoxy groups -OCH3 is 1. The van der Waals surface area contributed by atoms with Gasteiger partial charge in [-0.1, -0.05) is 29.4 Å². The maximum absolute atomic E-state index is 13.5. The van der Waals surface area contributed by atoms with Gasteiger partial charge in [0.1, 0.15) is 48.8 Å². The second kappa shape index (κ2) is 14.1. The predicted molar refractivity (Wildman–Crippen MR) is 164 cm³/mol. The highest BCUT2D eigenvalue weighted by molar-refractivity contribution is 8.00. The zero-order valence-electron chi connectivity index (χ0n) is 24.3. The molecule has 15 nitrogen and oxygen atoms in total. The Bertz CT molecular complexity index is 1560. The van der Waals surface area contributed by atoms with Crippen molar-refractivity contribution in [3.63, 3.8) is 0 Å². The highest BCUT2D eigenvalue weighted by Crippen LogP contribution is 2.41. The SMILES string of the molecule is CO/N=C(\C(=O)N[C@@H]1C(=O)N2C(C(=O)OCc3ccc(OC)cc3)=C(/C=C/C3CCN(CC(N)=O)O3)CS[C@H]12)c1csc(N)n1. The molecule has 2 fully saturated rings. The third kappa shape index (κ3) is 7.28. The highest BCUT2D eigenvalue weighted by atomic mass is 32.2. The van der Waals surface area contributed by atoms with Crippen LogP contribution in [0.2, 0.25) is 0 Å². The number of nitrogens with two attached hydrogens (primary N) is 2. The second-order valence-electron chi connectivity index (χ2n) is 9.97. The molecule has 3 aliphatic heterocycles. The zero-order valence-corrected chi connectivity index (χ0v) is 26.0. The Hall–Kier alpha value is -4.45. The number of carbonyl (C=O) groups excluding carboxylic acids is 4. The summed E-state index contributed by atoms with van der Waals surface area (Å²) in [4.78, 5) is 67.4. The molecule has 3 aliphatic rings. The number of thioether (sulfide) groups is 1. The van der Waals surface area contributed by atoms with Gasteiger partial charge < -0.3 is 31.1 Å². The maximum atomic E-state index is 13.5. The third-order valence-electron chi connectivity index (χ3n) is 6.96. The van der Waals surface area contributed by atoms with Crippen LogP contribution < -0.4 is 21.5 Å². The van der Waals surface area contributed by atoms with Gasteiger partial charge in [0.25, 0.3) is 11.8 Å². The number of thiazole rings is 1. The van der Waals surface area contributed by atoms with Gasteiger partial charge in [-0.3, -0.25) is 24.1 Å². The number of nitrogens with zero attached hydrogens (tertiary/aromatic N) is 4. The van der Waals surface area contributed by atoms with E-state index in [1.165, 1.54) is 28.8 Å². The molecule has 2 aromatic rings. The summed E-state index contributed by atoms with van der Waals surface area (Å²) < 4.78 is 10.8. The van der Waals surface area contributed by atoms with Gasteiger partial charge in [0.2, 0.25) is 5.91 Å². The Balaban J connectivity index is 1.34. The van der Waals surface area contributed by atoms with Crippen molar-refractivity contribution in [1.82, 2.24) is 20.3 Å². The van der Waals surface area contributed by atoms with E-state index < -0.39 is 35.1 Å². The summed E-state index contributed by atoms with van der Waals surface area (Å²) in [5.74, 6) is -1.39. The van der Waals surface area contributed by atoms with E-state index >= 15 is 0 Å². The number of amides is 3. The predicted octanol–water partition coefficient (Wildman–Crippen LogP) is 0.529. The van der Waals surface area contributed by atoms with Crippen LogP contribution in [0.4, 0.5) is 5.13 Å². The zero-order chi connectivity index (χ0) is 32.1. The molecule has 1 aromatic heterocycles. The lowest BCUT2D eigenvalue weighted by Gasteiger charge is -2.49. The minimum Gasteiger partial charge on any atom is -0.497 e. The van der Waals surface area contributed by atoms with Crippen molar-refractivity contribution in [1.29, 1.82) is 0 Å². The van der Waals surface area contributed by atoms with Crippen molar-refractivity contribution >= 4 is 57.6 Å². The number of nitrogen functional groups attached to an aromatic ring is 1. The van der Waals surface area contributed by atoms with Crippen LogP contribution in [0.1, 0.15) is 17.7 Å². The lowest BCUT2D eigenvalue weighted by Crippen LogP contribution is -2.71. The van der Waals surface area contributed by atoms with E-state index in [9.17, 15) is 19.2 Å². The summed E-state index contributed by atoms with van der Waals surface area (Å²) in [6, 6.07) is 6.09. The Labute approximate surface area is 266 Å². The number of esters is 1. The van der Waals surface area contributed by atoms with Crippen LogP contribution >= 0.6 is 23.1 Å². The van der Waals surface area contributed by atoms with Gasteiger partial charge >= 0.3 is 5.97 Å². The molecule has 0 aliphatic carbocycles. The van der Waals surface area contributed by atoms with Crippen LogP contribution in [0.15, 0.2) is 58.2 Å². The van der Waals surface area contributed by atoms with E-state index in [0.717, 1.165) is 16.9 Å². The van der Waals surface area contributed by atoms with Crippen LogP contribution in [-0.2, 0) is 40.2 Å².